The number of thiophene rings is 1. The van der Waals surface area contributed by atoms with Gasteiger partial charge in [-0.25, -0.2) is 0 Å². The van der Waals surface area contributed by atoms with E-state index in [-0.39, 0.29) is 12.0 Å². The van der Waals surface area contributed by atoms with E-state index >= 15 is 0 Å². The molecule has 0 unspecified atom stereocenters. The number of benzene rings is 1. The van der Waals surface area contributed by atoms with Gasteiger partial charge in [-0.15, -0.1) is 11.3 Å². The molecule has 0 aliphatic carbocycles. The van der Waals surface area contributed by atoms with Crippen LogP contribution in [0, 0.1) is 12.8 Å². The average Bonchev–Trinajstić information content (AvgIpc) is 3.09. The van der Waals surface area contributed by atoms with E-state index in [0.717, 1.165) is 31.7 Å². The van der Waals surface area contributed by atoms with Crippen LogP contribution in [0.5, 0.6) is 0 Å². The summed E-state index contributed by atoms with van der Waals surface area (Å²) in [6.07, 6.45) is 5.69. The lowest BCUT2D eigenvalue weighted by atomic mass is 10.0. The number of aliphatic hydroxyl groups excluding tert-OH is 1. The molecule has 1 aliphatic heterocycles. The van der Waals surface area contributed by atoms with Crippen molar-refractivity contribution in [2.45, 2.75) is 26.0 Å². The highest BCUT2D eigenvalue weighted by Crippen LogP contribution is 2.33. The van der Waals surface area contributed by atoms with Gasteiger partial charge in [0.15, 0.2) is 0 Å². The van der Waals surface area contributed by atoms with Crippen molar-refractivity contribution in [3.8, 4) is 0 Å². The number of aryl methyl sites for hydroxylation is 1. The van der Waals surface area contributed by atoms with Crippen molar-refractivity contribution >= 4 is 21.4 Å². The number of aromatic nitrogens is 2. The van der Waals surface area contributed by atoms with Crippen LogP contribution in [0.2, 0.25) is 0 Å². The number of β-amino-alcohol motifs (C(OH)–C–C–N with tert-alkyl or cyclic N) is 1. The van der Waals surface area contributed by atoms with Crippen LogP contribution in [-0.2, 0) is 13.0 Å². The van der Waals surface area contributed by atoms with Gasteiger partial charge in [-0.05, 0) is 30.4 Å². The Labute approximate surface area is 145 Å². The number of hydrogen-bond donors (Lipinski definition) is 1. The van der Waals surface area contributed by atoms with Gasteiger partial charge in [0.2, 0.25) is 0 Å². The summed E-state index contributed by atoms with van der Waals surface area (Å²) in [6.45, 7) is 4.74. The largest absolute Gasteiger partial charge is 0.391 e. The van der Waals surface area contributed by atoms with E-state index in [1.54, 1.807) is 18.6 Å². The van der Waals surface area contributed by atoms with E-state index in [1.807, 2.05) is 11.3 Å². The summed E-state index contributed by atoms with van der Waals surface area (Å²) >= 11 is 1.86. The van der Waals surface area contributed by atoms with Crippen molar-refractivity contribution in [3.05, 3.63) is 59.0 Å². The third-order valence-corrected chi connectivity index (χ3v) is 5.98. The molecule has 0 amide bonds. The quantitative estimate of drug-likeness (QED) is 0.794. The summed E-state index contributed by atoms with van der Waals surface area (Å²) in [7, 11) is 0. The number of aliphatic hydroxyl groups is 1. The Morgan fingerprint density at radius 3 is 2.96 bits per heavy atom. The second kappa shape index (κ2) is 6.59. The number of rotatable bonds is 4. The first-order chi connectivity index (χ1) is 11.7. The maximum atomic E-state index is 10.4. The Morgan fingerprint density at radius 1 is 1.25 bits per heavy atom. The molecule has 124 valence electrons. The lowest BCUT2D eigenvalue weighted by Crippen LogP contribution is -2.21. The van der Waals surface area contributed by atoms with E-state index in [2.05, 4.69) is 46.1 Å². The predicted octanol–water partition coefficient (Wildman–Crippen LogP) is 3.04. The third kappa shape index (κ3) is 3.07. The van der Waals surface area contributed by atoms with Crippen molar-refractivity contribution in [3.63, 3.8) is 0 Å². The lowest BCUT2D eigenvalue weighted by Gasteiger charge is -2.16. The molecule has 1 aliphatic rings. The van der Waals surface area contributed by atoms with Crippen LogP contribution >= 0.6 is 11.3 Å². The fraction of sp³-hybridized carbons (Fsp3) is 0.368. The minimum atomic E-state index is -0.294. The van der Waals surface area contributed by atoms with E-state index in [4.69, 9.17) is 0 Å². The molecule has 0 spiro atoms. The zero-order valence-corrected chi connectivity index (χ0v) is 14.5. The van der Waals surface area contributed by atoms with Crippen molar-refractivity contribution in [1.82, 2.24) is 14.9 Å². The summed E-state index contributed by atoms with van der Waals surface area (Å²) in [5, 5.41) is 11.8. The molecule has 0 radical (unpaired) electrons. The molecule has 24 heavy (non-hydrogen) atoms. The maximum Gasteiger partial charge on any atom is 0.0711 e. The van der Waals surface area contributed by atoms with Gasteiger partial charge >= 0.3 is 0 Å². The van der Waals surface area contributed by atoms with Crippen LogP contribution in [0.15, 0.2) is 42.9 Å². The maximum absolute atomic E-state index is 10.4. The van der Waals surface area contributed by atoms with Gasteiger partial charge in [0.05, 0.1) is 11.8 Å². The summed E-state index contributed by atoms with van der Waals surface area (Å²) in [4.78, 5) is 12.2. The molecule has 1 saturated heterocycles. The highest BCUT2D eigenvalue weighted by molar-refractivity contribution is 7.19. The van der Waals surface area contributed by atoms with Crippen molar-refractivity contribution in [2.24, 2.45) is 5.92 Å². The fourth-order valence-electron chi connectivity index (χ4n) is 3.62. The van der Waals surface area contributed by atoms with Crippen LogP contribution in [-0.4, -0.2) is 39.2 Å². The van der Waals surface area contributed by atoms with Crippen molar-refractivity contribution in [2.75, 3.05) is 13.1 Å². The van der Waals surface area contributed by atoms with Crippen molar-refractivity contribution in [1.29, 1.82) is 0 Å². The fourth-order valence-corrected chi connectivity index (χ4v) is 4.69. The van der Waals surface area contributed by atoms with Crippen LogP contribution in [0.3, 0.4) is 0 Å². The van der Waals surface area contributed by atoms with Gasteiger partial charge in [-0.2, -0.15) is 0 Å². The normalized spacial score (nSPS) is 21.6. The third-order valence-electron chi connectivity index (χ3n) is 4.85. The van der Waals surface area contributed by atoms with Crippen LogP contribution in [0.4, 0.5) is 0 Å². The number of nitrogens with zero attached hydrogens (tertiary/aromatic N) is 3. The molecule has 3 aromatic rings. The Morgan fingerprint density at radius 2 is 2.12 bits per heavy atom. The van der Waals surface area contributed by atoms with Gasteiger partial charge in [-0.3, -0.25) is 14.9 Å². The first-order valence-electron chi connectivity index (χ1n) is 8.33. The molecule has 1 fully saturated rings. The predicted molar refractivity (Wildman–Crippen MR) is 97.1 cm³/mol. The number of fused-ring (bicyclic) bond motifs is 1. The molecule has 1 aromatic carbocycles. The molecule has 4 nitrogen and oxygen atoms in total. The standard InChI is InChI=1S/C19H21N3OS/c1-13-17(16-4-2-3-5-19(16)24-13)11-22-10-14(18(23)12-22)8-15-9-20-6-7-21-15/h2-7,9,14,18,23H,8,10-12H2,1H3/t14-,18-/m1/s1. The van der Waals surface area contributed by atoms with E-state index < -0.39 is 0 Å². The van der Waals surface area contributed by atoms with Gasteiger partial charge in [0.25, 0.3) is 0 Å². The highest BCUT2D eigenvalue weighted by atomic mass is 32.1. The lowest BCUT2D eigenvalue weighted by molar-refractivity contribution is 0.140. The molecular formula is C19H21N3OS. The van der Waals surface area contributed by atoms with Crippen molar-refractivity contribution < 1.29 is 5.11 Å². The molecule has 1 N–H and O–H groups in total. The first-order valence-corrected chi connectivity index (χ1v) is 9.14. The molecule has 4 rings (SSSR count). The zero-order chi connectivity index (χ0) is 16.5. The molecule has 0 bridgehead atoms. The SMILES string of the molecule is Cc1sc2ccccc2c1CN1C[C@@H](Cc2cnccn2)[C@H](O)C1. The van der Waals surface area contributed by atoms with E-state index in [9.17, 15) is 5.11 Å². The van der Waals surface area contributed by atoms with E-state index in [0.29, 0.717) is 0 Å². The summed E-state index contributed by atoms with van der Waals surface area (Å²) in [5.74, 6) is 0.229. The molecular weight excluding hydrogens is 318 g/mol. The Hall–Kier alpha value is -1.82. The summed E-state index contributed by atoms with van der Waals surface area (Å²) in [5.41, 5.74) is 2.36. The highest BCUT2D eigenvalue weighted by Gasteiger charge is 2.32. The van der Waals surface area contributed by atoms with Crippen LogP contribution in [0.1, 0.15) is 16.1 Å². The topological polar surface area (TPSA) is 49.2 Å². The Kier molecular flexibility index (Phi) is 4.31. The van der Waals surface area contributed by atoms with Gasteiger partial charge in [0.1, 0.15) is 0 Å². The van der Waals surface area contributed by atoms with Gasteiger partial charge in [0, 0.05) is 53.7 Å². The zero-order valence-electron chi connectivity index (χ0n) is 13.7. The monoisotopic (exact) mass is 339 g/mol. The number of likely N-dealkylation sites (tertiary alicyclic amines) is 1. The summed E-state index contributed by atoms with van der Waals surface area (Å²) in [6, 6.07) is 8.59. The molecule has 2 atom stereocenters. The Bertz CT molecular complexity index is 833. The second-order valence-electron chi connectivity index (χ2n) is 6.56. The molecule has 2 aromatic heterocycles. The number of hydrogen-bond acceptors (Lipinski definition) is 5. The van der Waals surface area contributed by atoms with E-state index in [1.165, 1.54) is 20.5 Å². The van der Waals surface area contributed by atoms with Gasteiger partial charge in [-0.1, -0.05) is 18.2 Å². The van der Waals surface area contributed by atoms with Gasteiger partial charge < -0.3 is 5.11 Å². The Balaban J connectivity index is 1.49. The van der Waals surface area contributed by atoms with Crippen LogP contribution in [0.25, 0.3) is 10.1 Å². The first kappa shape index (κ1) is 15.7. The average molecular weight is 339 g/mol. The molecule has 5 heteroatoms. The second-order valence-corrected chi connectivity index (χ2v) is 7.81. The minimum Gasteiger partial charge on any atom is -0.391 e. The summed E-state index contributed by atoms with van der Waals surface area (Å²) < 4.78 is 1.35. The smallest absolute Gasteiger partial charge is 0.0711 e. The molecule has 3 heterocycles. The van der Waals surface area contributed by atoms with Crippen LogP contribution < -0.4 is 0 Å². The minimum absolute atomic E-state index is 0.229. The molecule has 0 saturated carbocycles.